The maximum Gasteiger partial charge on any atom is 0.245 e. The van der Waals surface area contributed by atoms with Crippen LogP contribution in [0.3, 0.4) is 0 Å². The summed E-state index contributed by atoms with van der Waals surface area (Å²) in [6.07, 6.45) is 1.42. The molecule has 1 fully saturated rings. The van der Waals surface area contributed by atoms with Crippen LogP contribution in [0.5, 0.6) is 0 Å². The van der Waals surface area contributed by atoms with Crippen molar-refractivity contribution in [2.24, 2.45) is 0 Å². The minimum absolute atomic E-state index is 0.277. The summed E-state index contributed by atoms with van der Waals surface area (Å²) < 4.78 is 33.8. The summed E-state index contributed by atoms with van der Waals surface area (Å²) >= 11 is 3.39. The Kier molecular flexibility index (Phi) is 4.64. The Morgan fingerprint density at radius 2 is 1.81 bits per heavy atom. The summed E-state index contributed by atoms with van der Waals surface area (Å²) in [5.41, 5.74) is 0.818. The number of rotatable bonds is 4. The molecule has 1 atom stereocenters. The van der Waals surface area contributed by atoms with Crippen LogP contribution in [0.15, 0.2) is 68.5 Å². The molecule has 3 aromatic rings. The van der Waals surface area contributed by atoms with Gasteiger partial charge in [0, 0.05) is 16.6 Å². The molecule has 0 spiro atoms. The van der Waals surface area contributed by atoms with Gasteiger partial charge in [-0.1, -0.05) is 39.3 Å². The van der Waals surface area contributed by atoms with Gasteiger partial charge in [-0.25, -0.2) is 8.42 Å². The first-order chi connectivity index (χ1) is 12.6. The topological polar surface area (TPSA) is 76.3 Å². The summed E-state index contributed by atoms with van der Waals surface area (Å²) in [5.74, 6) is 0.788. The van der Waals surface area contributed by atoms with Crippen LogP contribution in [0.2, 0.25) is 0 Å². The van der Waals surface area contributed by atoms with Crippen LogP contribution in [-0.2, 0) is 10.0 Å². The number of hydrogen-bond acceptors (Lipinski definition) is 5. The van der Waals surface area contributed by atoms with E-state index in [9.17, 15) is 8.42 Å². The van der Waals surface area contributed by atoms with Crippen molar-refractivity contribution in [3.8, 4) is 11.4 Å². The number of halogens is 1. The first kappa shape index (κ1) is 17.4. The van der Waals surface area contributed by atoms with E-state index in [1.54, 1.807) is 30.3 Å². The van der Waals surface area contributed by atoms with Crippen LogP contribution in [0.1, 0.15) is 24.8 Å². The van der Waals surface area contributed by atoms with Crippen molar-refractivity contribution in [2.45, 2.75) is 23.8 Å². The summed E-state index contributed by atoms with van der Waals surface area (Å²) in [4.78, 5) is 4.73. The molecule has 134 valence electrons. The van der Waals surface area contributed by atoms with Gasteiger partial charge in [-0.05, 0) is 49.2 Å². The molecule has 2 heterocycles. The number of benzene rings is 2. The maximum atomic E-state index is 13.0. The normalized spacial score (nSPS) is 18.3. The molecule has 0 bridgehead atoms. The summed E-state index contributed by atoms with van der Waals surface area (Å²) in [7, 11) is -3.60. The quantitative estimate of drug-likeness (QED) is 0.620. The van der Waals surface area contributed by atoms with Crippen LogP contribution in [-0.4, -0.2) is 29.4 Å². The van der Waals surface area contributed by atoms with Crippen molar-refractivity contribution in [3.05, 3.63) is 65.0 Å². The van der Waals surface area contributed by atoms with Gasteiger partial charge in [-0.15, -0.1) is 0 Å². The maximum absolute atomic E-state index is 13.0. The van der Waals surface area contributed by atoms with Gasteiger partial charge in [0.1, 0.15) is 6.04 Å². The van der Waals surface area contributed by atoms with Crippen molar-refractivity contribution in [1.29, 1.82) is 0 Å². The van der Waals surface area contributed by atoms with Crippen LogP contribution in [0.25, 0.3) is 11.4 Å². The highest BCUT2D eigenvalue weighted by Crippen LogP contribution is 2.36. The van der Waals surface area contributed by atoms with E-state index in [0.717, 1.165) is 16.5 Å². The molecular formula is C18H16BrN3O3S. The summed E-state index contributed by atoms with van der Waals surface area (Å²) in [6.45, 7) is 0.442. The highest BCUT2D eigenvalue weighted by molar-refractivity contribution is 9.10. The van der Waals surface area contributed by atoms with E-state index in [4.69, 9.17) is 4.52 Å². The van der Waals surface area contributed by atoms with Crippen molar-refractivity contribution < 1.29 is 12.9 Å². The van der Waals surface area contributed by atoms with Gasteiger partial charge in [0.15, 0.2) is 0 Å². The number of sulfonamides is 1. The lowest BCUT2D eigenvalue weighted by Gasteiger charge is -2.21. The molecule has 0 aliphatic carbocycles. The third-order valence-corrected chi connectivity index (χ3v) is 6.83. The molecule has 0 amide bonds. The Morgan fingerprint density at radius 1 is 1.08 bits per heavy atom. The fourth-order valence-electron chi connectivity index (χ4n) is 3.09. The van der Waals surface area contributed by atoms with E-state index in [2.05, 4.69) is 26.1 Å². The van der Waals surface area contributed by atoms with Crippen molar-refractivity contribution >= 4 is 26.0 Å². The fraction of sp³-hybridized carbons (Fsp3) is 0.222. The molecule has 4 rings (SSSR count). The molecule has 1 aliphatic heterocycles. The molecular weight excluding hydrogens is 418 g/mol. The van der Waals surface area contributed by atoms with Gasteiger partial charge in [-0.3, -0.25) is 0 Å². The third-order valence-electron chi connectivity index (χ3n) is 4.38. The largest absolute Gasteiger partial charge is 0.337 e. The van der Waals surface area contributed by atoms with E-state index in [-0.39, 0.29) is 4.90 Å². The highest BCUT2D eigenvalue weighted by Gasteiger charge is 2.39. The Hall–Kier alpha value is -2.03. The first-order valence-corrected chi connectivity index (χ1v) is 10.5. The van der Waals surface area contributed by atoms with E-state index in [1.807, 2.05) is 24.3 Å². The van der Waals surface area contributed by atoms with Crippen molar-refractivity contribution in [2.75, 3.05) is 6.54 Å². The molecule has 1 aromatic heterocycles. The Morgan fingerprint density at radius 3 is 2.54 bits per heavy atom. The highest BCUT2D eigenvalue weighted by atomic mass is 79.9. The molecule has 2 aromatic carbocycles. The SMILES string of the molecule is O=S(=O)(c1ccccc1)N1CCCC1c1nc(-c2ccc(Br)cc2)no1. The van der Waals surface area contributed by atoms with Crippen LogP contribution < -0.4 is 0 Å². The minimum atomic E-state index is -3.60. The van der Waals surface area contributed by atoms with Gasteiger partial charge >= 0.3 is 0 Å². The summed E-state index contributed by atoms with van der Waals surface area (Å²) in [6, 6.07) is 15.6. The van der Waals surface area contributed by atoms with Crippen molar-refractivity contribution in [3.63, 3.8) is 0 Å². The van der Waals surface area contributed by atoms with E-state index >= 15 is 0 Å². The molecule has 26 heavy (non-hydrogen) atoms. The molecule has 0 saturated carbocycles. The average Bonchev–Trinajstić information content (AvgIpc) is 3.32. The zero-order chi connectivity index (χ0) is 18.1. The number of aromatic nitrogens is 2. The molecule has 0 radical (unpaired) electrons. The van der Waals surface area contributed by atoms with E-state index < -0.39 is 16.1 Å². The van der Waals surface area contributed by atoms with Crippen molar-refractivity contribution in [1.82, 2.24) is 14.4 Å². The van der Waals surface area contributed by atoms with Crippen LogP contribution >= 0.6 is 15.9 Å². The third kappa shape index (κ3) is 3.20. The molecule has 1 unspecified atom stereocenters. The second-order valence-electron chi connectivity index (χ2n) is 6.05. The minimum Gasteiger partial charge on any atom is -0.337 e. The lowest BCUT2D eigenvalue weighted by Crippen LogP contribution is -2.30. The number of nitrogens with zero attached hydrogens (tertiary/aromatic N) is 3. The zero-order valence-electron chi connectivity index (χ0n) is 13.7. The van der Waals surface area contributed by atoms with Gasteiger partial charge in [-0.2, -0.15) is 9.29 Å². The number of hydrogen-bond donors (Lipinski definition) is 0. The average molecular weight is 434 g/mol. The molecule has 8 heteroatoms. The van der Waals surface area contributed by atoms with Crippen LogP contribution in [0, 0.1) is 0 Å². The Balaban J connectivity index is 1.64. The standard InChI is InChI=1S/C18H16BrN3O3S/c19-14-10-8-13(9-11-14)17-20-18(25-21-17)16-7-4-12-22(16)26(23,24)15-5-2-1-3-6-15/h1-3,5-6,8-11,16H,4,7,12H2. The van der Waals surface area contributed by atoms with Gasteiger partial charge in [0.05, 0.1) is 4.90 Å². The second-order valence-corrected chi connectivity index (χ2v) is 8.86. The molecule has 1 saturated heterocycles. The predicted octanol–water partition coefficient (Wildman–Crippen LogP) is 4.02. The van der Waals surface area contributed by atoms with Gasteiger partial charge < -0.3 is 4.52 Å². The second kappa shape index (κ2) is 6.94. The molecule has 6 nitrogen and oxygen atoms in total. The zero-order valence-corrected chi connectivity index (χ0v) is 16.1. The monoisotopic (exact) mass is 433 g/mol. The fourth-order valence-corrected chi connectivity index (χ4v) is 5.03. The Labute approximate surface area is 160 Å². The van der Waals surface area contributed by atoms with E-state index in [1.165, 1.54) is 4.31 Å². The predicted molar refractivity (Wildman–Crippen MR) is 99.7 cm³/mol. The van der Waals surface area contributed by atoms with Crippen LogP contribution in [0.4, 0.5) is 0 Å². The molecule has 0 N–H and O–H groups in total. The smallest absolute Gasteiger partial charge is 0.245 e. The lowest BCUT2D eigenvalue weighted by molar-refractivity contribution is 0.290. The van der Waals surface area contributed by atoms with Gasteiger partial charge in [0.25, 0.3) is 0 Å². The first-order valence-electron chi connectivity index (χ1n) is 8.22. The Bertz CT molecular complexity index is 1000. The summed E-state index contributed by atoms with van der Waals surface area (Å²) in [5, 5.41) is 4.03. The lowest BCUT2D eigenvalue weighted by atomic mass is 10.2. The van der Waals surface area contributed by atoms with Gasteiger partial charge in [0.2, 0.25) is 21.7 Å². The van der Waals surface area contributed by atoms with E-state index in [0.29, 0.717) is 24.7 Å². The molecule has 1 aliphatic rings.